The van der Waals surface area contributed by atoms with Crippen LogP contribution < -0.4 is 0 Å². The van der Waals surface area contributed by atoms with E-state index in [1.54, 1.807) is 0 Å². The molecule has 3 heteroatoms. The summed E-state index contributed by atoms with van der Waals surface area (Å²) in [5.41, 5.74) is -0.108. The molecule has 1 saturated carbocycles. The Hall–Kier alpha value is -0.410. The molecule has 0 aromatic carbocycles. The number of rotatable bonds is 5. The predicted octanol–water partition coefficient (Wildman–Crippen LogP) is 2.62. The molecule has 2 rings (SSSR count). The number of aliphatic hydroxyl groups excluding tert-OH is 1. The largest absolute Gasteiger partial charge is 0.396 e. The van der Waals surface area contributed by atoms with Crippen molar-refractivity contribution in [1.29, 1.82) is 0 Å². The molecule has 1 heterocycles. The summed E-state index contributed by atoms with van der Waals surface area (Å²) >= 11 is 0. The van der Waals surface area contributed by atoms with E-state index in [0.29, 0.717) is 18.4 Å². The first-order valence-electron chi connectivity index (χ1n) is 7.94. The zero-order valence-corrected chi connectivity index (χ0v) is 12.5. The number of hydrogen-bond donors (Lipinski definition) is 1. The van der Waals surface area contributed by atoms with Crippen molar-refractivity contribution in [1.82, 2.24) is 4.90 Å². The van der Waals surface area contributed by atoms with Crippen molar-refractivity contribution in [3.05, 3.63) is 0 Å². The molecular formula is C16H29NO2. The average Bonchev–Trinajstić information content (AvgIpc) is 2.80. The second-order valence-electron chi connectivity index (χ2n) is 6.99. The van der Waals surface area contributed by atoms with Crippen LogP contribution in [-0.4, -0.2) is 41.5 Å². The van der Waals surface area contributed by atoms with Crippen molar-refractivity contribution < 1.29 is 9.90 Å². The van der Waals surface area contributed by atoms with Crippen molar-refractivity contribution in [2.75, 3.05) is 19.7 Å². The highest BCUT2D eigenvalue weighted by atomic mass is 16.2. The van der Waals surface area contributed by atoms with Crippen LogP contribution in [0.2, 0.25) is 0 Å². The molecule has 1 aliphatic heterocycles. The normalized spacial score (nSPS) is 31.8. The summed E-state index contributed by atoms with van der Waals surface area (Å²) in [5.74, 6) is 0.727. The molecule has 19 heavy (non-hydrogen) atoms. The molecule has 0 aromatic heterocycles. The maximum Gasteiger partial charge on any atom is 0.142 e. The van der Waals surface area contributed by atoms with E-state index < -0.39 is 0 Å². The van der Waals surface area contributed by atoms with Crippen LogP contribution in [0, 0.1) is 11.3 Å². The Kier molecular flexibility index (Phi) is 5.02. The zero-order valence-electron chi connectivity index (χ0n) is 12.5. The van der Waals surface area contributed by atoms with Crippen molar-refractivity contribution >= 4 is 5.78 Å². The fourth-order valence-corrected chi connectivity index (χ4v) is 3.84. The van der Waals surface area contributed by atoms with E-state index in [9.17, 15) is 4.79 Å². The van der Waals surface area contributed by atoms with Gasteiger partial charge in [-0.05, 0) is 45.1 Å². The first-order valence-corrected chi connectivity index (χ1v) is 7.94. The fraction of sp³-hybridized carbons (Fsp3) is 0.938. The molecule has 1 saturated heterocycles. The van der Waals surface area contributed by atoms with Gasteiger partial charge in [0.15, 0.2) is 0 Å². The van der Waals surface area contributed by atoms with E-state index >= 15 is 0 Å². The molecule has 110 valence electrons. The third-order valence-corrected chi connectivity index (χ3v) is 5.04. The number of aliphatic hydroxyl groups is 1. The number of Topliss-reactive ketones (excluding diaryl/α,β-unsaturated/α-hetero) is 1. The summed E-state index contributed by atoms with van der Waals surface area (Å²) in [6, 6.07) is 0.602. The highest BCUT2D eigenvalue weighted by Gasteiger charge is 2.39. The molecule has 0 radical (unpaired) electrons. The van der Waals surface area contributed by atoms with Crippen LogP contribution in [0.3, 0.4) is 0 Å². The Morgan fingerprint density at radius 3 is 2.84 bits per heavy atom. The summed E-state index contributed by atoms with van der Waals surface area (Å²) in [7, 11) is 0. The molecule has 0 bridgehead atoms. The number of nitrogens with zero attached hydrogens (tertiary/aromatic N) is 1. The summed E-state index contributed by atoms with van der Waals surface area (Å²) in [6.45, 7) is 6.60. The van der Waals surface area contributed by atoms with E-state index in [2.05, 4.69) is 18.7 Å². The molecule has 2 fully saturated rings. The lowest BCUT2D eigenvalue weighted by Crippen LogP contribution is -2.43. The van der Waals surface area contributed by atoms with Crippen LogP contribution in [0.5, 0.6) is 0 Å². The second kappa shape index (κ2) is 6.36. The molecule has 0 amide bonds. The SMILES string of the molecule is CC1(C)CCCC(CN2CCCC2CCCO)C1=O. The molecule has 1 aliphatic carbocycles. The van der Waals surface area contributed by atoms with Gasteiger partial charge in [0.25, 0.3) is 0 Å². The van der Waals surface area contributed by atoms with Crippen LogP contribution in [0.15, 0.2) is 0 Å². The molecule has 2 atom stereocenters. The summed E-state index contributed by atoms with van der Waals surface area (Å²) in [5, 5.41) is 8.97. The standard InChI is InChI=1S/C16H29NO2/c1-16(2)9-3-6-13(15(16)19)12-17-10-4-7-14(17)8-5-11-18/h13-14,18H,3-12H2,1-2H3. The lowest BCUT2D eigenvalue weighted by Gasteiger charge is -2.36. The van der Waals surface area contributed by atoms with Crippen LogP contribution in [0.25, 0.3) is 0 Å². The molecule has 1 N–H and O–H groups in total. The molecule has 0 spiro atoms. The first-order chi connectivity index (χ1) is 9.04. The van der Waals surface area contributed by atoms with Crippen molar-refractivity contribution in [2.45, 2.75) is 64.8 Å². The van der Waals surface area contributed by atoms with E-state index in [-0.39, 0.29) is 11.3 Å². The topological polar surface area (TPSA) is 40.5 Å². The fourth-order valence-electron chi connectivity index (χ4n) is 3.84. The third kappa shape index (κ3) is 3.57. The van der Waals surface area contributed by atoms with Gasteiger partial charge in [-0.15, -0.1) is 0 Å². The van der Waals surface area contributed by atoms with Gasteiger partial charge in [-0.25, -0.2) is 0 Å². The van der Waals surface area contributed by atoms with Gasteiger partial charge in [0.05, 0.1) is 0 Å². The minimum Gasteiger partial charge on any atom is -0.396 e. The number of carbonyl (C=O) groups excluding carboxylic acids is 1. The monoisotopic (exact) mass is 267 g/mol. The minimum atomic E-state index is -0.108. The summed E-state index contributed by atoms with van der Waals surface area (Å²) in [6.07, 6.45) is 7.79. The smallest absolute Gasteiger partial charge is 0.142 e. The van der Waals surface area contributed by atoms with Gasteiger partial charge in [-0.3, -0.25) is 9.69 Å². The Bertz CT molecular complexity index is 314. The van der Waals surface area contributed by atoms with Gasteiger partial charge >= 0.3 is 0 Å². The van der Waals surface area contributed by atoms with E-state index in [1.807, 2.05) is 0 Å². The maximum absolute atomic E-state index is 12.5. The molecule has 2 aliphatic rings. The first kappa shape index (κ1) is 15.0. The van der Waals surface area contributed by atoms with Crippen LogP contribution in [0.4, 0.5) is 0 Å². The number of hydrogen-bond acceptors (Lipinski definition) is 3. The molecule has 3 nitrogen and oxygen atoms in total. The molecule has 2 unspecified atom stereocenters. The number of likely N-dealkylation sites (tertiary alicyclic amines) is 1. The van der Waals surface area contributed by atoms with Crippen molar-refractivity contribution in [3.63, 3.8) is 0 Å². The van der Waals surface area contributed by atoms with Gasteiger partial charge in [0, 0.05) is 30.5 Å². The Morgan fingerprint density at radius 2 is 2.11 bits per heavy atom. The molecule has 0 aromatic rings. The summed E-state index contributed by atoms with van der Waals surface area (Å²) < 4.78 is 0. The van der Waals surface area contributed by atoms with E-state index in [0.717, 1.165) is 38.8 Å². The van der Waals surface area contributed by atoms with Gasteiger partial charge in [-0.1, -0.05) is 20.3 Å². The average molecular weight is 267 g/mol. The molecular weight excluding hydrogens is 238 g/mol. The van der Waals surface area contributed by atoms with Crippen molar-refractivity contribution in [3.8, 4) is 0 Å². The van der Waals surface area contributed by atoms with Crippen LogP contribution >= 0.6 is 0 Å². The highest BCUT2D eigenvalue weighted by Crippen LogP contribution is 2.36. The van der Waals surface area contributed by atoms with Crippen LogP contribution in [0.1, 0.15) is 58.8 Å². The maximum atomic E-state index is 12.5. The van der Waals surface area contributed by atoms with Gasteiger partial charge in [0.2, 0.25) is 0 Å². The van der Waals surface area contributed by atoms with Gasteiger partial charge in [0.1, 0.15) is 5.78 Å². The Labute approximate surface area is 117 Å². The Balaban J connectivity index is 1.90. The second-order valence-corrected chi connectivity index (χ2v) is 6.99. The lowest BCUT2D eigenvalue weighted by atomic mass is 9.71. The number of ketones is 1. The van der Waals surface area contributed by atoms with Crippen LogP contribution in [-0.2, 0) is 4.79 Å². The van der Waals surface area contributed by atoms with Gasteiger partial charge in [-0.2, -0.15) is 0 Å². The third-order valence-electron chi connectivity index (χ3n) is 5.04. The summed E-state index contributed by atoms with van der Waals surface area (Å²) in [4.78, 5) is 15.0. The quantitative estimate of drug-likeness (QED) is 0.832. The minimum absolute atomic E-state index is 0.108. The predicted molar refractivity (Wildman–Crippen MR) is 77.0 cm³/mol. The Morgan fingerprint density at radius 1 is 1.32 bits per heavy atom. The van der Waals surface area contributed by atoms with E-state index in [1.165, 1.54) is 19.3 Å². The van der Waals surface area contributed by atoms with E-state index in [4.69, 9.17) is 5.11 Å². The highest BCUT2D eigenvalue weighted by molar-refractivity contribution is 5.87. The van der Waals surface area contributed by atoms with Gasteiger partial charge < -0.3 is 5.11 Å². The van der Waals surface area contributed by atoms with Crippen molar-refractivity contribution in [2.24, 2.45) is 11.3 Å². The zero-order chi connectivity index (χ0) is 13.9. The number of carbonyl (C=O) groups is 1. The lowest BCUT2D eigenvalue weighted by molar-refractivity contribution is -0.135.